The molecule has 0 aliphatic heterocycles. The number of carbonyl (C=O) groups is 1. The summed E-state index contributed by atoms with van der Waals surface area (Å²) in [6.07, 6.45) is 2.96. The topological polar surface area (TPSA) is 40.5 Å². The van der Waals surface area contributed by atoms with Gasteiger partial charge in [-0.3, -0.25) is 4.79 Å². The summed E-state index contributed by atoms with van der Waals surface area (Å²) in [6, 6.07) is 4.24. The van der Waals surface area contributed by atoms with Crippen LogP contribution in [0.1, 0.15) is 26.3 Å². The van der Waals surface area contributed by atoms with E-state index in [4.69, 9.17) is 11.6 Å². The zero-order valence-electron chi connectivity index (χ0n) is 11.9. The molecule has 0 saturated heterocycles. The first-order chi connectivity index (χ1) is 9.23. The maximum Gasteiger partial charge on any atom is 0.246 e. The third kappa shape index (κ3) is 5.31. The fraction of sp³-hybridized carbons (Fsp3) is 0.400. The van der Waals surface area contributed by atoms with Gasteiger partial charge >= 0.3 is 0 Å². The number of rotatable bonds is 5. The second kappa shape index (κ2) is 6.86. The second-order valence-electron chi connectivity index (χ2n) is 5.17. The van der Waals surface area contributed by atoms with Gasteiger partial charge in [0, 0.05) is 19.2 Å². The smallest absolute Gasteiger partial charge is 0.246 e. The number of amides is 1. The second-order valence-corrected chi connectivity index (χ2v) is 5.58. The van der Waals surface area contributed by atoms with Crippen molar-refractivity contribution in [3.8, 4) is 0 Å². The van der Waals surface area contributed by atoms with Gasteiger partial charge in [0.15, 0.2) is 0 Å². The minimum Gasteiger partial charge on any atom is -0.389 e. The molecule has 0 atom stereocenters. The average molecular weight is 300 g/mol. The number of benzene rings is 1. The van der Waals surface area contributed by atoms with Gasteiger partial charge in [-0.1, -0.05) is 17.7 Å². The highest BCUT2D eigenvalue weighted by atomic mass is 35.5. The lowest BCUT2D eigenvalue weighted by molar-refractivity contribution is -0.128. The van der Waals surface area contributed by atoms with Crippen molar-refractivity contribution in [2.45, 2.75) is 26.4 Å². The van der Waals surface area contributed by atoms with Crippen LogP contribution in [-0.4, -0.2) is 34.6 Å². The molecule has 0 heterocycles. The van der Waals surface area contributed by atoms with E-state index in [1.54, 1.807) is 19.9 Å². The summed E-state index contributed by atoms with van der Waals surface area (Å²) in [5, 5.41) is 9.76. The number of aliphatic hydroxyl groups is 1. The summed E-state index contributed by atoms with van der Waals surface area (Å²) in [5.41, 5.74) is -0.303. The van der Waals surface area contributed by atoms with E-state index in [2.05, 4.69) is 0 Å². The summed E-state index contributed by atoms with van der Waals surface area (Å²) in [4.78, 5) is 13.5. The van der Waals surface area contributed by atoms with Crippen molar-refractivity contribution in [2.75, 3.05) is 13.1 Å². The highest BCUT2D eigenvalue weighted by Gasteiger charge is 2.19. The molecule has 0 unspecified atom stereocenters. The third-order valence-electron chi connectivity index (χ3n) is 2.63. The molecule has 0 fully saturated rings. The minimum absolute atomic E-state index is 0.0171. The maximum atomic E-state index is 13.0. The molecule has 1 N–H and O–H groups in total. The van der Waals surface area contributed by atoms with Gasteiger partial charge in [0.1, 0.15) is 5.82 Å². The van der Waals surface area contributed by atoms with E-state index in [9.17, 15) is 14.3 Å². The van der Waals surface area contributed by atoms with Gasteiger partial charge in [-0.05, 0) is 44.5 Å². The van der Waals surface area contributed by atoms with Crippen molar-refractivity contribution in [3.63, 3.8) is 0 Å². The van der Waals surface area contributed by atoms with E-state index >= 15 is 0 Å². The summed E-state index contributed by atoms with van der Waals surface area (Å²) in [7, 11) is 0. The zero-order chi connectivity index (χ0) is 15.3. The molecule has 0 radical (unpaired) electrons. The first kappa shape index (κ1) is 16.7. The number of halogens is 2. The van der Waals surface area contributed by atoms with Gasteiger partial charge in [0.25, 0.3) is 0 Å². The molecule has 3 nitrogen and oxygen atoms in total. The van der Waals surface area contributed by atoms with Crippen LogP contribution in [0, 0.1) is 5.82 Å². The van der Waals surface area contributed by atoms with Crippen LogP contribution in [0.2, 0.25) is 5.02 Å². The van der Waals surface area contributed by atoms with E-state index in [0.717, 1.165) is 0 Å². The first-order valence-electron chi connectivity index (χ1n) is 6.37. The van der Waals surface area contributed by atoms with Gasteiger partial charge in [0.2, 0.25) is 5.91 Å². The Labute approximate surface area is 123 Å². The fourth-order valence-electron chi connectivity index (χ4n) is 1.70. The lowest BCUT2D eigenvalue weighted by Crippen LogP contribution is -2.41. The van der Waals surface area contributed by atoms with Gasteiger partial charge in [-0.25, -0.2) is 4.39 Å². The molecule has 0 bridgehead atoms. The molecular formula is C15H19ClFNO2. The standard InChI is InChI=1S/C15H19ClFNO2/c1-4-18(10-15(2,3)20)14(19)8-6-11-5-7-13(17)12(16)9-11/h5-9,20H,4,10H2,1-3H3. The van der Waals surface area contributed by atoms with Crippen LogP contribution in [0.3, 0.4) is 0 Å². The van der Waals surface area contributed by atoms with Crippen LogP contribution in [0.15, 0.2) is 24.3 Å². The largest absolute Gasteiger partial charge is 0.389 e. The predicted octanol–water partition coefficient (Wildman–Crippen LogP) is 3.11. The van der Waals surface area contributed by atoms with Crippen molar-refractivity contribution in [1.29, 1.82) is 0 Å². The normalized spacial score (nSPS) is 11.9. The van der Waals surface area contributed by atoms with Crippen molar-refractivity contribution in [1.82, 2.24) is 4.90 Å². The number of nitrogens with zero attached hydrogens (tertiary/aromatic N) is 1. The molecule has 0 spiro atoms. The molecule has 0 aromatic heterocycles. The van der Waals surface area contributed by atoms with Crippen LogP contribution in [0.4, 0.5) is 4.39 Å². The molecule has 5 heteroatoms. The predicted molar refractivity (Wildman–Crippen MR) is 79.0 cm³/mol. The molecule has 1 amide bonds. The van der Waals surface area contributed by atoms with Gasteiger partial charge in [-0.2, -0.15) is 0 Å². The van der Waals surface area contributed by atoms with E-state index in [-0.39, 0.29) is 17.5 Å². The van der Waals surface area contributed by atoms with Gasteiger partial charge in [0.05, 0.1) is 10.6 Å². The van der Waals surface area contributed by atoms with Gasteiger partial charge in [-0.15, -0.1) is 0 Å². The highest BCUT2D eigenvalue weighted by molar-refractivity contribution is 6.30. The maximum absolute atomic E-state index is 13.0. The lowest BCUT2D eigenvalue weighted by atomic mass is 10.1. The minimum atomic E-state index is -0.946. The highest BCUT2D eigenvalue weighted by Crippen LogP contribution is 2.17. The monoisotopic (exact) mass is 299 g/mol. The average Bonchev–Trinajstić information content (AvgIpc) is 2.36. The molecule has 20 heavy (non-hydrogen) atoms. The first-order valence-corrected chi connectivity index (χ1v) is 6.75. The van der Waals surface area contributed by atoms with Crippen molar-refractivity contribution < 1.29 is 14.3 Å². The van der Waals surface area contributed by atoms with E-state index in [1.807, 2.05) is 6.92 Å². The summed E-state index contributed by atoms with van der Waals surface area (Å²) >= 11 is 5.67. The molecule has 0 saturated carbocycles. The molecule has 1 aromatic carbocycles. The Hall–Kier alpha value is -1.39. The van der Waals surface area contributed by atoms with Crippen molar-refractivity contribution in [3.05, 3.63) is 40.7 Å². The molecule has 1 aromatic rings. The molecule has 0 aliphatic rings. The lowest BCUT2D eigenvalue weighted by Gasteiger charge is -2.27. The third-order valence-corrected chi connectivity index (χ3v) is 2.92. The number of likely N-dealkylation sites (N-methyl/N-ethyl adjacent to an activating group) is 1. The van der Waals surface area contributed by atoms with E-state index < -0.39 is 11.4 Å². The SMILES string of the molecule is CCN(CC(C)(C)O)C(=O)C=Cc1ccc(F)c(Cl)c1. The van der Waals surface area contributed by atoms with Gasteiger partial charge < -0.3 is 10.0 Å². The number of hydrogen-bond donors (Lipinski definition) is 1. The van der Waals surface area contributed by atoms with Crippen LogP contribution in [-0.2, 0) is 4.79 Å². The van der Waals surface area contributed by atoms with Crippen LogP contribution < -0.4 is 0 Å². The molecule has 110 valence electrons. The summed E-state index contributed by atoms with van der Waals surface area (Å²) in [6.45, 7) is 5.87. The Kier molecular flexibility index (Phi) is 5.72. The molecular weight excluding hydrogens is 281 g/mol. The van der Waals surface area contributed by atoms with Crippen LogP contribution in [0.25, 0.3) is 6.08 Å². The Bertz CT molecular complexity index is 509. The Morgan fingerprint density at radius 3 is 2.65 bits per heavy atom. The van der Waals surface area contributed by atoms with Crippen molar-refractivity contribution >= 4 is 23.6 Å². The number of carbonyl (C=O) groups excluding carboxylic acids is 1. The number of hydrogen-bond acceptors (Lipinski definition) is 2. The fourth-order valence-corrected chi connectivity index (χ4v) is 1.89. The Morgan fingerprint density at radius 1 is 1.50 bits per heavy atom. The Morgan fingerprint density at radius 2 is 2.15 bits per heavy atom. The van der Waals surface area contributed by atoms with E-state index in [0.29, 0.717) is 12.1 Å². The summed E-state index contributed by atoms with van der Waals surface area (Å²) in [5.74, 6) is -0.706. The quantitative estimate of drug-likeness (QED) is 0.849. The summed E-state index contributed by atoms with van der Waals surface area (Å²) < 4.78 is 13.0. The molecule has 0 aliphatic carbocycles. The molecule has 1 rings (SSSR count). The zero-order valence-corrected chi connectivity index (χ0v) is 12.6. The van der Waals surface area contributed by atoms with Crippen LogP contribution in [0.5, 0.6) is 0 Å². The van der Waals surface area contributed by atoms with Crippen molar-refractivity contribution in [2.24, 2.45) is 0 Å². The van der Waals surface area contributed by atoms with E-state index in [1.165, 1.54) is 29.2 Å². The Balaban J connectivity index is 2.77. The van der Waals surface area contributed by atoms with Crippen LogP contribution >= 0.6 is 11.6 Å².